The van der Waals surface area contributed by atoms with Gasteiger partial charge in [-0.2, -0.15) is 0 Å². The van der Waals surface area contributed by atoms with E-state index in [9.17, 15) is 0 Å². The molecule has 0 heteroatoms. The van der Waals surface area contributed by atoms with E-state index in [1.807, 2.05) is 6.92 Å². The lowest BCUT2D eigenvalue weighted by Crippen LogP contribution is -1.84. The van der Waals surface area contributed by atoms with Crippen LogP contribution in [0.1, 0.15) is 136 Å². The van der Waals surface area contributed by atoms with Gasteiger partial charge in [-0.25, -0.2) is 0 Å². The third-order valence-electron chi connectivity index (χ3n) is 4.83. The van der Waals surface area contributed by atoms with Crippen LogP contribution in [0.4, 0.5) is 0 Å². The van der Waals surface area contributed by atoms with E-state index in [4.69, 9.17) is 0 Å². The molecule has 0 rings (SSSR count). The van der Waals surface area contributed by atoms with Crippen molar-refractivity contribution in [3.63, 3.8) is 0 Å². The Morgan fingerprint density at radius 3 is 1.04 bits per heavy atom. The third-order valence-corrected chi connectivity index (χ3v) is 4.83. The molecule has 0 fully saturated rings. The highest BCUT2D eigenvalue weighted by Crippen LogP contribution is 2.14. The molecule has 0 aromatic heterocycles. The Morgan fingerprint density at radius 1 is 0.435 bits per heavy atom. The summed E-state index contributed by atoms with van der Waals surface area (Å²) < 4.78 is 0. The summed E-state index contributed by atoms with van der Waals surface area (Å²) >= 11 is 0. The molecule has 23 heavy (non-hydrogen) atoms. The number of hydrogen-bond acceptors (Lipinski definition) is 0. The monoisotopic (exact) mass is 320 g/mol. The normalized spacial score (nSPS) is 10.5. The van der Waals surface area contributed by atoms with E-state index in [2.05, 4.69) is 18.8 Å². The fourth-order valence-electron chi connectivity index (χ4n) is 3.24. The van der Waals surface area contributed by atoms with Crippen molar-refractivity contribution >= 4 is 0 Å². The van der Waals surface area contributed by atoms with E-state index in [0.717, 1.165) is 6.42 Å². The molecule has 0 amide bonds. The van der Waals surface area contributed by atoms with E-state index >= 15 is 0 Å². The van der Waals surface area contributed by atoms with Gasteiger partial charge in [-0.15, -0.1) is 11.8 Å². The fourth-order valence-corrected chi connectivity index (χ4v) is 3.24. The summed E-state index contributed by atoms with van der Waals surface area (Å²) in [6.45, 7) is 4.24. The Balaban J connectivity index is 2.95. The Hall–Kier alpha value is -0.440. The molecule has 0 bridgehead atoms. The van der Waals surface area contributed by atoms with Crippen LogP contribution in [0.25, 0.3) is 0 Å². The van der Waals surface area contributed by atoms with Gasteiger partial charge in [0.05, 0.1) is 0 Å². The maximum atomic E-state index is 3.15. The van der Waals surface area contributed by atoms with Gasteiger partial charge < -0.3 is 0 Å². The zero-order valence-corrected chi connectivity index (χ0v) is 16.4. The summed E-state index contributed by atoms with van der Waals surface area (Å²) in [6, 6.07) is 0. The van der Waals surface area contributed by atoms with Crippen molar-refractivity contribution in [2.45, 2.75) is 136 Å². The van der Waals surface area contributed by atoms with Crippen molar-refractivity contribution in [2.75, 3.05) is 0 Å². The molecule has 0 aliphatic heterocycles. The van der Waals surface area contributed by atoms with Gasteiger partial charge in [0.2, 0.25) is 0 Å². The van der Waals surface area contributed by atoms with Crippen LogP contribution in [-0.4, -0.2) is 0 Å². The van der Waals surface area contributed by atoms with Crippen molar-refractivity contribution in [2.24, 2.45) is 0 Å². The minimum absolute atomic E-state index is 1.11. The van der Waals surface area contributed by atoms with Crippen LogP contribution in [0.5, 0.6) is 0 Å². The molecule has 136 valence electrons. The van der Waals surface area contributed by atoms with E-state index in [0.29, 0.717) is 0 Å². The molecule has 0 nitrogen and oxygen atoms in total. The second-order valence-electron chi connectivity index (χ2n) is 7.19. The Morgan fingerprint density at radius 2 is 0.739 bits per heavy atom. The van der Waals surface area contributed by atoms with Crippen LogP contribution in [-0.2, 0) is 0 Å². The van der Waals surface area contributed by atoms with Crippen molar-refractivity contribution in [1.29, 1.82) is 0 Å². The van der Waals surface area contributed by atoms with Crippen LogP contribution in [0.15, 0.2) is 0 Å². The number of unbranched alkanes of at least 4 members (excludes halogenated alkanes) is 18. The summed E-state index contributed by atoms with van der Waals surface area (Å²) in [5.74, 6) is 6.13. The SMILES string of the molecule is CC#CCCCCCCCCCCCCCCCCCCCC. The van der Waals surface area contributed by atoms with Gasteiger partial charge in [-0.1, -0.05) is 116 Å². The molecule has 0 aromatic carbocycles. The molecular weight excluding hydrogens is 276 g/mol. The zero-order valence-electron chi connectivity index (χ0n) is 16.4. The predicted molar refractivity (Wildman–Crippen MR) is 107 cm³/mol. The van der Waals surface area contributed by atoms with Gasteiger partial charge >= 0.3 is 0 Å². The van der Waals surface area contributed by atoms with Crippen LogP contribution in [0, 0.1) is 11.8 Å². The maximum absolute atomic E-state index is 3.15. The van der Waals surface area contributed by atoms with Gasteiger partial charge in [0, 0.05) is 6.42 Å². The topological polar surface area (TPSA) is 0 Å². The predicted octanol–water partition coefficient (Wildman–Crippen LogP) is 8.44. The first-order chi connectivity index (χ1) is 11.4. The van der Waals surface area contributed by atoms with Crippen molar-refractivity contribution < 1.29 is 0 Å². The highest BCUT2D eigenvalue weighted by molar-refractivity contribution is 4.94. The van der Waals surface area contributed by atoms with Gasteiger partial charge in [0.25, 0.3) is 0 Å². The van der Waals surface area contributed by atoms with Crippen LogP contribution in [0.2, 0.25) is 0 Å². The summed E-state index contributed by atoms with van der Waals surface area (Å²) in [5.41, 5.74) is 0. The van der Waals surface area contributed by atoms with E-state index in [1.165, 1.54) is 116 Å². The summed E-state index contributed by atoms with van der Waals surface area (Å²) in [5, 5.41) is 0. The summed E-state index contributed by atoms with van der Waals surface area (Å²) in [6.07, 6.45) is 27.1. The second kappa shape index (κ2) is 21.6. The average molecular weight is 321 g/mol. The zero-order chi connectivity index (χ0) is 16.8. The minimum atomic E-state index is 1.11. The van der Waals surface area contributed by atoms with Crippen LogP contribution >= 0.6 is 0 Å². The van der Waals surface area contributed by atoms with Gasteiger partial charge in [-0.05, 0) is 13.3 Å². The molecule has 0 N–H and O–H groups in total. The molecule has 0 saturated carbocycles. The van der Waals surface area contributed by atoms with E-state index < -0.39 is 0 Å². The standard InChI is InChI=1S/C23H44/c1-3-5-7-9-11-13-15-17-19-21-23-22-20-18-16-14-12-10-8-6-4-2/h3,5,7-23H2,1-2H3. The van der Waals surface area contributed by atoms with Crippen molar-refractivity contribution in [3.05, 3.63) is 0 Å². The highest BCUT2D eigenvalue weighted by Gasteiger charge is 1.94. The second-order valence-corrected chi connectivity index (χ2v) is 7.19. The first kappa shape index (κ1) is 22.6. The van der Waals surface area contributed by atoms with E-state index in [1.54, 1.807) is 0 Å². The Labute approximate surface area is 148 Å². The molecule has 0 aromatic rings. The third kappa shape index (κ3) is 21.6. The Kier molecular flexibility index (Phi) is 21.1. The molecule has 0 atom stereocenters. The van der Waals surface area contributed by atoms with Crippen molar-refractivity contribution in [1.82, 2.24) is 0 Å². The van der Waals surface area contributed by atoms with Crippen molar-refractivity contribution in [3.8, 4) is 11.8 Å². The lowest BCUT2D eigenvalue weighted by molar-refractivity contribution is 0.525. The minimum Gasteiger partial charge on any atom is -0.107 e. The number of hydrogen-bond donors (Lipinski definition) is 0. The quantitative estimate of drug-likeness (QED) is 0.175. The smallest absolute Gasteiger partial charge is 0.00885 e. The summed E-state index contributed by atoms with van der Waals surface area (Å²) in [7, 11) is 0. The lowest BCUT2D eigenvalue weighted by atomic mass is 10.0. The molecular formula is C23H44. The molecule has 0 aliphatic rings. The Bertz CT molecular complexity index is 255. The number of rotatable bonds is 18. The largest absolute Gasteiger partial charge is 0.107 e. The van der Waals surface area contributed by atoms with Gasteiger partial charge in [0.15, 0.2) is 0 Å². The fraction of sp³-hybridized carbons (Fsp3) is 0.913. The molecule has 0 saturated heterocycles. The molecule has 0 heterocycles. The van der Waals surface area contributed by atoms with Gasteiger partial charge in [0.1, 0.15) is 0 Å². The molecule has 0 aliphatic carbocycles. The molecule has 0 unspecified atom stereocenters. The van der Waals surface area contributed by atoms with Crippen LogP contribution < -0.4 is 0 Å². The van der Waals surface area contributed by atoms with E-state index in [-0.39, 0.29) is 0 Å². The first-order valence-electron chi connectivity index (χ1n) is 10.8. The maximum Gasteiger partial charge on any atom is 0.00885 e. The first-order valence-corrected chi connectivity index (χ1v) is 10.8. The van der Waals surface area contributed by atoms with Gasteiger partial charge in [-0.3, -0.25) is 0 Å². The average Bonchev–Trinajstić information content (AvgIpc) is 2.57. The summed E-state index contributed by atoms with van der Waals surface area (Å²) in [4.78, 5) is 0. The molecule has 0 spiro atoms. The van der Waals surface area contributed by atoms with Crippen LogP contribution in [0.3, 0.4) is 0 Å². The highest BCUT2D eigenvalue weighted by atomic mass is 14.0. The lowest BCUT2D eigenvalue weighted by Gasteiger charge is -2.03. The molecule has 0 radical (unpaired) electrons.